The zero-order valence-electron chi connectivity index (χ0n) is 11.3. The molecule has 1 amide bonds. The monoisotopic (exact) mass is 280 g/mol. The van der Waals surface area contributed by atoms with Crippen LogP contribution in [-0.2, 0) is 7.05 Å². The summed E-state index contributed by atoms with van der Waals surface area (Å²) in [7, 11) is 1.75. The van der Waals surface area contributed by atoms with Gasteiger partial charge in [0.1, 0.15) is 11.4 Å². The lowest BCUT2D eigenvalue weighted by molar-refractivity contribution is 0.101. The molecular formula is C14H12N6O. The van der Waals surface area contributed by atoms with Crippen molar-refractivity contribution in [1.29, 1.82) is 0 Å². The summed E-state index contributed by atoms with van der Waals surface area (Å²) in [5, 5.41) is 2.67. The maximum absolute atomic E-state index is 12.0. The molecule has 21 heavy (non-hydrogen) atoms. The number of imidazole rings is 1. The maximum atomic E-state index is 12.0. The van der Waals surface area contributed by atoms with Gasteiger partial charge in [0, 0.05) is 13.2 Å². The van der Waals surface area contributed by atoms with E-state index in [1.165, 1.54) is 12.4 Å². The highest BCUT2D eigenvalue weighted by Gasteiger charge is 2.11. The van der Waals surface area contributed by atoms with Gasteiger partial charge in [0.2, 0.25) is 0 Å². The minimum Gasteiger partial charge on any atom is -0.330 e. The number of hydrogen-bond acceptors (Lipinski definition) is 5. The molecule has 0 saturated carbocycles. The highest BCUT2D eigenvalue weighted by molar-refractivity contribution is 6.02. The summed E-state index contributed by atoms with van der Waals surface area (Å²) in [5.74, 6) is 0.0933. The Morgan fingerprint density at radius 1 is 1.10 bits per heavy atom. The molecule has 0 aliphatic heterocycles. The number of carbonyl (C=O) groups is 1. The molecule has 0 aromatic carbocycles. The van der Waals surface area contributed by atoms with Crippen LogP contribution < -0.4 is 5.32 Å². The average molecular weight is 280 g/mol. The summed E-state index contributed by atoms with van der Waals surface area (Å²) in [6, 6.07) is 5.55. The third-order valence-corrected chi connectivity index (χ3v) is 2.87. The molecule has 0 aliphatic carbocycles. The lowest BCUT2D eigenvalue weighted by Crippen LogP contribution is -2.16. The molecule has 3 aromatic rings. The van der Waals surface area contributed by atoms with Crippen molar-refractivity contribution in [2.24, 2.45) is 7.05 Å². The van der Waals surface area contributed by atoms with Gasteiger partial charge >= 0.3 is 0 Å². The summed E-state index contributed by atoms with van der Waals surface area (Å²) in [6.45, 7) is 0. The second-order valence-electron chi connectivity index (χ2n) is 4.35. The Morgan fingerprint density at radius 2 is 2.00 bits per heavy atom. The van der Waals surface area contributed by atoms with Gasteiger partial charge < -0.3 is 9.88 Å². The Labute approximate surface area is 120 Å². The standard InChI is InChI=1S/C14H12N6O/c1-20-9-15-7-12(20)14(21)19-13-8-17-11(6-18-13)10-4-2-3-5-16-10/h2-9H,1H3,(H,18,19,21). The van der Waals surface area contributed by atoms with E-state index in [2.05, 4.69) is 25.3 Å². The molecular weight excluding hydrogens is 268 g/mol. The van der Waals surface area contributed by atoms with Crippen molar-refractivity contribution >= 4 is 11.7 Å². The van der Waals surface area contributed by atoms with E-state index in [0.717, 1.165) is 5.69 Å². The Morgan fingerprint density at radius 3 is 2.62 bits per heavy atom. The zero-order valence-corrected chi connectivity index (χ0v) is 11.3. The van der Waals surface area contributed by atoms with E-state index in [1.807, 2.05) is 18.2 Å². The summed E-state index contributed by atoms with van der Waals surface area (Å²) in [5.41, 5.74) is 1.83. The fourth-order valence-electron chi connectivity index (χ4n) is 1.80. The van der Waals surface area contributed by atoms with Crippen LogP contribution >= 0.6 is 0 Å². The van der Waals surface area contributed by atoms with Gasteiger partial charge in [-0.25, -0.2) is 15.0 Å². The number of rotatable bonds is 3. The van der Waals surface area contributed by atoms with Crippen LogP contribution in [0.25, 0.3) is 11.4 Å². The Bertz CT molecular complexity index is 751. The predicted molar refractivity (Wildman–Crippen MR) is 76.4 cm³/mol. The Balaban J connectivity index is 1.76. The van der Waals surface area contributed by atoms with Crippen LogP contribution in [0, 0.1) is 0 Å². The molecule has 7 nitrogen and oxygen atoms in total. The van der Waals surface area contributed by atoms with Crippen molar-refractivity contribution in [2.45, 2.75) is 0 Å². The third-order valence-electron chi connectivity index (χ3n) is 2.87. The molecule has 3 heterocycles. The van der Waals surface area contributed by atoms with Crippen LogP contribution in [0.1, 0.15) is 10.5 Å². The minimum atomic E-state index is -0.283. The number of anilines is 1. The molecule has 0 spiro atoms. The third kappa shape index (κ3) is 2.76. The van der Waals surface area contributed by atoms with Crippen molar-refractivity contribution in [2.75, 3.05) is 5.32 Å². The Kier molecular flexibility index (Phi) is 3.38. The van der Waals surface area contributed by atoms with Gasteiger partial charge in [0.05, 0.1) is 30.6 Å². The van der Waals surface area contributed by atoms with Gasteiger partial charge in [-0.1, -0.05) is 6.07 Å². The number of hydrogen-bond donors (Lipinski definition) is 1. The van der Waals surface area contributed by atoms with E-state index >= 15 is 0 Å². The van der Waals surface area contributed by atoms with Crippen LogP contribution in [0.2, 0.25) is 0 Å². The molecule has 0 bridgehead atoms. The molecule has 0 fully saturated rings. The molecule has 3 aromatic heterocycles. The van der Waals surface area contributed by atoms with Gasteiger partial charge in [0.15, 0.2) is 5.82 Å². The lowest BCUT2D eigenvalue weighted by atomic mass is 10.3. The van der Waals surface area contributed by atoms with E-state index in [1.54, 1.807) is 30.3 Å². The van der Waals surface area contributed by atoms with Crippen LogP contribution in [0.3, 0.4) is 0 Å². The van der Waals surface area contributed by atoms with Crippen molar-refractivity contribution in [3.63, 3.8) is 0 Å². The molecule has 104 valence electrons. The number of aromatic nitrogens is 5. The van der Waals surface area contributed by atoms with Crippen molar-refractivity contribution < 1.29 is 4.79 Å². The van der Waals surface area contributed by atoms with Gasteiger partial charge in [-0.15, -0.1) is 0 Å². The van der Waals surface area contributed by atoms with Crippen LogP contribution in [0.15, 0.2) is 49.3 Å². The summed E-state index contributed by atoms with van der Waals surface area (Å²) >= 11 is 0. The van der Waals surface area contributed by atoms with Crippen LogP contribution in [-0.4, -0.2) is 30.4 Å². The topological polar surface area (TPSA) is 85.6 Å². The van der Waals surface area contributed by atoms with E-state index < -0.39 is 0 Å². The molecule has 0 aliphatic rings. The average Bonchev–Trinajstić information content (AvgIpc) is 2.95. The molecule has 0 saturated heterocycles. The van der Waals surface area contributed by atoms with E-state index in [0.29, 0.717) is 17.2 Å². The van der Waals surface area contributed by atoms with E-state index in [4.69, 9.17) is 0 Å². The molecule has 1 N–H and O–H groups in total. The molecule has 0 atom stereocenters. The fourth-order valence-corrected chi connectivity index (χ4v) is 1.80. The second-order valence-corrected chi connectivity index (χ2v) is 4.35. The van der Waals surface area contributed by atoms with Gasteiger partial charge in [-0.2, -0.15) is 0 Å². The molecule has 0 unspecified atom stereocenters. The van der Waals surface area contributed by atoms with Gasteiger partial charge in [-0.3, -0.25) is 9.78 Å². The first-order valence-corrected chi connectivity index (χ1v) is 6.25. The second kappa shape index (κ2) is 5.49. The number of carbonyl (C=O) groups excluding carboxylic acids is 1. The summed E-state index contributed by atoms with van der Waals surface area (Å²) < 4.78 is 1.63. The van der Waals surface area contributed by atoms with E-state index in [-0.39, 0.29) is 5.91 Å². The number of aryl methyl sites for hydroxylation is 1. The molecule has 7 heteroatoms. The zero-order chi connectivity index (χ0) is 14.7. The number of nitrogens with zero attached hydrogens (tertiary/aromatic N) is 5. The largest absolute Gasteiger partial charge is 0.330 e. The van der Waals surface area contributed by atoms with Gasteiger partial charge in [0.25, 0.3) is 5.91 Å². The number of pyridine rings is 1. The first kappa shape index (κ1) is 12.9. The SMILES string of the molecule is Cn1cncc1C(=O)Nc1cnc(-c2ccccn2)cn1. The van der Waals surface area contributed by atoms with Gasteiger partial charge in [-0.05, 0) is 12.1 Å². The molecule has 3 rings (SSSR count). The summed E-state index contributed by atoms with van der Waals surface area (Å²) in [4.78, 5) is 28.5. The highest BCUT2D eigenvalue weighted by Crippen LogP contribution is 2.13. The van der Waals surface area contributed by atoms with Crippen molar-refractivity contribution in [3.05, 3.63) is 55.0 Å². The van der Waals surface area contributed by atoms with Crippen LogP contribution in [0.4, 0.5) is 5.82 Å². The first-order chi connectivity index (χ1) is 10.2. The Hall–Kier alpha value is -3.09. The number of nitrogens with one attached hydrogen (secondary N) is 1. The summed E-state index contributed by atoms with van der Waals surface area (Å²) in [6.07, 6.45) is 7.81. The smallest absolute Gasteiger partial charge is 0.275 e. The van der Waals surface area contributed by atoms with Crippen LogP contribution in [0.5, 0.6) is 0 Å². The minimum absolute atomic E-state index is 0.283. The first-order valence-electron chi connectivity index (χ1n) is 6.25. The predicted octanol–water partition coefficient (Wildman–Crippen LogP) is 1.52. The van der Waals surface area contributed by atoms with Crippen molar-refractivity contribution in [3.8, 4) is 11.4 Å². The normalized spacial score (nSPS) is 10.3. The highest BCUT2D eigenvalue weighted by atomic mass is 16.2. The maximum Gasteiger partial charge on any atom is 0.275 e. The lowest BCUT2D eigenvalue weighted by Gasteiger charge is -2.05. The van der Waals surface area contributed by atoms with Crippen molar-refractivity contribution in [1.82, 2.24) is 24.5 Å². The fraction of sp³-hybridized carbons (Fsp3) is 0.0714. The van der Waals surface area contributed by atoms with E-state index in [9.17, 15) is 4.79 Å². The molecule has 0 radical (unpaired) electrons. The quantitative estimate of drug-likeness (QED) is 0.786. The number of amides is 1.